The first-order valence-corrected chi connectivity index (χ1v) is 6.49. The van der Waals surface area contributed by atoms with Gasteiger partial charge in [-0.2, -0.15) is 0 Å². The molecular weight excluding hydrogens is 224 g/mol. The zero-order valence-electron chi connectivity index (χ0n) is 10.6. The lowest BCUT2D eigenvalue weighted by molar-refractivity contribution is 0.437. The van der Waals surface area contributed by atoms with E-state index in [0.29, 0.717) is 5.92 Å². The molecule has 1 aliphatic rings. The molecular formula is C14H18N4. The lowest BCUT2D eigenvalue weighted by Crippen LogP contribution is -2.27. The molecule has 0 saturated carbocycles. The maximum Gasteiger partial charge on any atom is 0.112 e. The molecule has 94 valence electrons. The standard InChI is InChI=1S/C14H18N4/c1-18-13(12-3-2-6-16-9-12)10-17-14(18)11-4-7-15-8-5-11/h2-3,6,9-11,15H,4-5,7-8H2,1H3. The molecule has 0 amide bonds. The van der Waals surface area contributed by atoms with Gasteiger partial charge in [-0.15, -0.1) is 0 Å². The number of pyridine rings is 1. The van der Waals surface area contributed by atoms with E-state index in [1.54, 1.807) is 6.20 Å². The van der Waals surface area contributed by atoms with Crippen LogP contribution in [0.3, 0.4) is 0 Å². The van der Waals surface area contributed by atoms with E-state index in [1.807, 2.05) is 18.5 Å². The van der Waals surface area contributed by atoms with E-state index in [9.17, 15) is 0 Å². The van der Waals surface area contributed by atoms with E-state index < -0.39 is 0 Å². The van der Waals surface area contributed by atoms with Crippen molar-refractivity contribution in [3.63, 3.8) is 0 Å². The van der Waals surface area contributed by atoms with Crippen LogP contribution >= 0.6 is 0 Å². The van der Waals surface area contributed by atoms with Crippen LogP contribution in [-0.2, 0) is 7.05 Å². The van der Waals surface area contributed by atoms with E-state index in [1.165, 1.54) is 18.7 Å². The van der Waals surface area contributed by atoms with Crippen LogP contribution in [0.15, 0.2) is 30.7 Å². The van der Waals surface area contributed by atoms with Gasteiger partial charge in [-0.3, -0.25) is 4.98 Å². The highest BCUT2D eigenvalue weighted by molar-refractivity contribution is 5.57. The van der Waals surface area contributed by atoms with Crippen molar-refractivity contribution in [3.05, 3.63) is 36.5 Å². The Hall–Kier alpha value is -1.68. The Balaban J connectivity index is 1.92. The van der Waals surface area contributed by atoms with E-state index in [4.69, 9.17) is 0 Å². The maximum absolute atomic E-state index is 4.62. The number of piperidine rings is 1. The molecule has 0 spiro atoms. The second kappa shape index (κ2) is 4.90. The monoisotopic (exact) mass is 242 g/mol. The van der Waals surface area contributed by atoms with Gasteiger partial charge in [0, 0.05) is 30.9 Å². The second-order valence-corrected chi connectivity index (χ2v) is 4.83. The number of hydrogen-bond donors (Lipinski definition) is 1. The van der Waals surface area contributed by atoms with Crippen LogP contribution < -0.4 is 5.32 Å². The highest BCUT2D eigenvalue weighted by Crippen LogP contribution is 2.27. The topological polar surface area (TPSA) is 42.7 Å². The van der Waals surface area contributed by atoms with E-state index in [-0.39, 0.29) is 0 Å². The van der Waals surface area contributed by atoms with Gasteiger partial charge in [0.1, 0.15) is 5.82 Å². The number of nitrogens with zero attached hydrogens (tertiary/aromatic N) is 3. The molecule has 2 aromatic heterocycles. The Morgan fingerprint density at radius 3 is 2.83 bits per heavy atom. The Bertz CT molecular complexity index is 512. The Morgan fingerprint density at radius 2 is 2.11 bits per heavy atom. The van der Waals surface area contributed by atoms with Crippen molar-refractivity contribution in [1.82, 2.24) is 19.9 Å². The van der Waals surface area contributed by atoms with Gasteiger partial charge in [-0.25, -0.2) is 4.98 Å². The van der Waals surface area contributed by atoms with E-state index in [2.05, 4.69) is 33.0 Å². The van der Waals surface area contributed by atoms with E-state index in [0.717, 1.165) is 24.3 Å². The molecule has 0 unspecified atom stereocenters. The van der Waals surface area contributed by atoms with Crippen molar-refractivity contribution in [1.29, 1.82) is 0 Å². The molecule has 0 aliphatic carbocycles. The maximum atomic E-state index is 4.62. The Kier molecular flexibility index (Phi) is 3.11. The summed E-state index contributed by atoms with van der Waals surface area (Å²) in [4.78, 5) is 8.80. The first-order chi connectivity index (χ1) is 8.86. The average molecular weight is 242 g/mol. The van der Waals surface area contributed by atoms with Crippen LogP contribution in [0.25, 0.3) is 11.3 Å². The van der Waals surface area contributed by atoms with Gasteiger partial charge in [0.2, 0.25) is 0 Å². The number of hydrogen-bond acceptors (Lipinski definition) is 3. The number of rotatable bonds is 2. The van der Waals surface area contributed by atoms with Gasteiger partial charge in [0.25, 0.3) is 0 Å². The average Bonchev–Trinajstić information content (AvgIpc) is 2.83. The van der Waals surface area contributed by atoms with Crippen LogP contribution in [0.4, 0.5) is 0 Å². The third-order valence-corrected chi connectivity index (χ3v) is 3.69. The summed E-state index contributed by atoms with van der Waals surface area (Å²) in [5.74, 6) is 1.79. The second-order valence-electron chi connectivity index (χ2n) is 4.83. The summed E-state index contributed by atoms with van der Waals surface area (Å²) in [6.07, 6.45) is 8.01. The van der Waals surface area contributed by atoms with Gasteiger partial charge in [0.05, 0.1) is 11.9 Å². The van der Waals surface area contributed by atoms with Crippen molar-refractivity contribution in [2.75, 3.05) is 13.1 Å². The minimum atomic E-state index is 0.585. The van der Waals surface area contributed by atoms with Crippen molar-refractivity contribution in [2.45, 2.75) is 18.8 Å². The van der Waals surface area contributed by atoms with Gasteiger partial charge in [-0.1, -0.05) is 0 Å². The number of aromatic nitrogens is 3. The molecule has 4 heteroatoms. The largest absolute Gasteiger partial charge is 0.331 e. The SMILES string of the molecule is Cn1c(-c2cccnc2)cnc1C1CCNCC1. The molecule has 1 fully saturated rings. The van der Waals surface area contributed by atoms with E-state index >= 15 is 0 Å². The summed E-state index contributed by atoms with van der Waals surface area (Å²) in [5, 5.41) is 3.40. The lowest BCUT2D eigenvalue weighted by Gasteiger charge is -2.22. The van der Waals surface area contributed by atoms with Gasteiger partial charge in [0.15, 0.2) is 0 Å². The molecule has 0 aromatic carbocycles. The fourth-order valence-corrected chi connectivity index (χ4v) is 2.67. The minimum absolute atomic E-state index is 0.585. The molecule has 4 nitrogen and oxygen atoms in total. The predicted octanol–water partition coefficient (Wildman–Crippen LogP) is 1.95. The molecule has 0 atom stereocenters. The normalized spacial score (nSPS) is 16.9. The van der Waals surface area contributed by atoms with Crippen molar-refractivity contribution in [2.24, 2.45) is 7.05 Å². The molecule has 3 heterocycles. The smallest absolute Gasteiger partial charge is 0.112 e. The third kappa shape index (κ3) is 2.04. The third-order valence-electron chi connectivity index (χ3n) is 3.69. The lowest BCUT2D eigenvalue weighted by atomic mass is 9.97. The zero-order chi connectivity index (χ0) is 12.4. The Labute approximate surface area is 107 Å². The first-order valence-electron chi connectivity index (χ1n) is 6.49. The fourth-order valence-electron chi connectivity index (χ4n) is 2.67. The minimum Gasteiger partial charge on any atom is -0.331 e. The number of nitrogens with one attached hydrogen (secondary N) is 1. The first kappa shape index (κ1) is 11.4. The van der Waals surface area contributed by atoms with Crippen molar-refractivity contribution < 1.29 is 0 Å². The van der Waals surface area contributed by atoms with Crippen LogP contribution in [0.5, 0.6) is 0 Å². The van der Waals surface area contributed by atoms with Crippen LogP contribution in [0.2, 0.25) is 0 Å². The summed E-state index contributed by atoms with van der Waals surface area (Å²) >= 11 is 0. The molecule has 1 saturated heterocycles. The van der Waals surface area contributed by atoms with Crippen LogP contribution in [0.1, 0.15) is 24.6 Å². The predicted molar refractivity (Wildman–Crippen MR) is 71.3 cm³/mol. The Morgan fingerprint density at radius 1 is 1.28 bits per heavy atom. The molecule has 2 aromatic rings. The fraction of sp³-hybridized carbons (Fsp3) is 0.429. The van der Waals surface area contributed by atoms with Crippen LogP contribution in [-0.4, -0.2) is 27.6 Å². The molecule has 0 radical (unpaired) electrons. The van der Waals surface area contributed by atoms with Crippen molar-refractivity contribution >= 4 is 0 Å². The molecule has 1 aliphatic heterocycles. The molecule has 3 rings (SSSR count). The van der Waals surface area contributed by atoms with Crippen molar-refractivity contribution in [3.8, 4) is 11.3 Å². The summed E-state index contributed by atoms with van der Waals surface area (Å²) in [6.45, 7) is 2.19. The molecule has 18 heavy (non-hydrogen) atoms. The van der Waals surface area contributed by atoms with Gasteiger partial charge < -0.3 is 9.88 Å². The highest BCUT2D eigenvalue weighted by Gasteiger charge is 2.20. The summed E-state index contributed by atoms with van der Waals surface area (Å²) in [5.41, 5.74) is 2.28. The summed E-state index contributed by atoms with van der Waals surface area (Å²) < 4.78 is 2.22. The highest BCUT2D eigenvalue weighted by atomic mass is 15.1. The number of imidazole rings is 1. The van der Waals surface area contributed by atoms with Gasteiger partial charge in [-0.05, 0) is 38.1 Å². The quantitative estimate of drug-likeness (QED) is 0.875. The summed E-state index contributed by atoms with van der Waals surface area (Å²) in [7, 11) is 2.10. The molecule has 1 N–H and O–H groups in total. The van der Waals surface area contributed by atoms with Crippen LogP contribution in [0, 0.1) is 0 Å². The molecule has 0 bridgehead atoms. The zero-order valence-corrected chi connectivity index (χ0v) is 10.6. The summed E-state index contributed by atoms with van der Waals surface area (Å²) in [6, 6.07) is 4.04. The van der Waals surface area contributed by atoms with Gasteiger partial charge >= 0.3 is 0 Å².